The molecule has 1 heterocycles. The molecular formula is C11H14N2O2. The van der Waals surface area contributed by atoms with E-state index >= 15 is 0 Å². The highest BCUT2D eigenvalue weighted by molar-refractivity contribution is 6.04. The first-order valence-corrected chi connectivity index (χ1v) is 5.31. The van der Waals surface area contributed by atoms with Gasteiger partial charge in [0.15, 0.2) is 0 Å². The van der Waals surface area contributed by atoms with Crippen LogP contribution in [0.25, 0.3) is 0 Å². The smallest absolute Gasteiger partial charge is 0.325 e. The molecule has 0 aromatic carbocycles. The lowest BCUT2D eigenvalue weighted by Crippen LogP contribution is -2.39. The molecule has 2 fully saturated rings. The molecule has 1 aliphatic carbocycles. The van der Waals surface area contributed by atoms with Gasteiger partial charge < -0.3 is 5.32 Å². The minimum absolute atomic E-state index is 0.0975. The van der Waals surface area contributed by atoms with Crippen LogP contribution in [0.3, 0.4) is 0 Å². The molecule has 2 rings (SSSR count). The molecule has 15 heavy (non-hydrogen) atoms. The van der Waals surface area contributed by atoms with Gasteiger partial charge in [-0.15, -0.1) is 12.3 Å². The van der Waals surface area contributed by atoms with Crippen molar-refractivity contribution in [1.82, 2.24) is 10.2 Å². The molecule has 1 atom stereocenters. The minimum atomic E-state index is -0.497. The first-order chi connectivity index (χ1) is 7.24. The Kier molecular flexibility index (Phi) is 2.63. The Balaban J connectivity index is 2.09. The van der Waals surface area contributed by atoms with Gasteiger partial charge in [0.2, 0.25) is 0 Å². The van der Waals surface area contributed by atoms with E-state index in [0.29, 0.717) is 0 Å². The Bertz CT molecular complexity index is 326. The molecular weight excluding hydrogens is 192 g/mol. The number of rotatable bonds is 2. The summed E-state index contributed by atoms with van der Waals surface area (Å²) in [5.41, 5.74) is 0. The molecule has 1 aliphatic heterocycles. The maximum Gasteiger partial charge on any atom is 0.325 e. The van der Waals surface area contributed by atoms with E-state index in [-0.39, 0.29) is 24.4 Å². The van der Waals surface area contributed by atoms with Gasteiger partial charge in [0.25, 0.3) is 5.91 Å². The average Bonchev–Trinajstić information content (AvgIpc) is 2.77. The standard InChI is InChI=1S/C11H14N2O2/c1-2-5-9-10(14)13(11(15)12-9)8-6-3-4-7-8/h1,8-9H,3-7H2,(H,12,15). The van der Waals surface area contributed by atoms with Gasteiger partial charge in [-0.3, -0.25) is 9.69 Å². The Hall–Kier alpha value is -1.50. The summed E-state index contributed by atoms with van der Waals surface area (Å²) in [6.45, 7) is 0. The Morgan fingerprint density at radius 1 is 1.40 bits per heavy atom. The molecule has 1 unspecified atom stereocenters. The van der Waals surface area contributed by atoms with Crippen molar-refractivity contribution in [2.75, 3.05) is 0 Å². The number of nitrogens with zero attached hydrogens (tertiary/aromatic N) is 1. The summed E-state index contributed by atoms with van der Waals surface area (Å²) >= 11 is 0. The number of hydrogen-bond donors (Lipinski definition) is 1. The van der Waals surface area contributed by atoms with E-state index in [0.717, 1.165) is 25.7 Å². The zero-order valence-electron chi connectivity index (χ0n) is 8.53. The first kappa shape index (κ1) is 10.0. The molecule has 0 aromatic heterocycles. The molecule has 0 aromatic rings. The van der Waals surface area contributed by atoms with Crippen molar-refractivity contribution >= 4 is 11.9 Å². The highest BCUT2D eigenvalue weighted by Crippen LogP contribution is 2.26. The molecule has 3 amide bonds. The van der Waals surface area contributed by atoms with Crippen LogP contribution in [0.5, 0.6) is 0 Å². The topological polar surface area (TPSA) is 49.4 Å². The van der Waals surface area contributed by atoms with Gasteiger partial charge in [0.1, 0.15) is 6.04 Å². The predicted molar refractivity (Wildman–Crippen MR) is 54.9 cm³/mol. The number of nitrogens with one attached hydrogen (secondary N) is 1. The average molecular weight is 206 g/mol. The molecule has 4 heteroatoms. The molecule has 1 N–H and O–H groups in total. The van der Waals surface area contributed by atoms with E-state index in [2.05, 4.69) is 11.2 Å². The van der Waals surface area contributed by atoms with Crippen LogP contribution in [0.2, 0.25) is 0 Å². The van der Waals surface area contributed by atoms with Crippen molar-refractivity contribution in [1.29, 1.82) is 0 Å². The third-order valence-electron chi connectivity index (χ3n) is 3.06. The van der Waals surface area contributed by atoms with Crippen molar-refractivity contribution < 1.29 is 9.59 Å². The molecule has 0 radical (unpaired) electrons. The summed E-state index contributed by atoms with van der Waals surface area (Å²) in [5, 5.41) is 2.63. The van der Waals surface area contributed by atoms with Crippen molar-refractivity contribution in [2.45, 2.75) is 44.2 Å². The molecule has 80 valence electrons. The fourth-order valence-corrected chi connectivity index (χ4v) is 2.31. The summed E-state index contributed by atoms with van der Waals surface area (Å²) in [6.07, 6.45) is 9.49. The van der Waals surface area contributed by atoms with Crippen LogP contribution < -0.4 is 5.32 Å². The first-order valence-electron chi connectivity index (χ1n) is 5.31. The third-order valence-corrected chi connectivity index (χ3v) is 3.06. The van der Waals surface area contributed by atoms with Crippen molar-refractivity contribution in [2.24, 2.45) is 0 Å². The number of urea groups is 1. The van der Waals surface area contributed by atoms with Gasteiger partial charge in [-0.2, -0.15) is 0 Å². The van der Waals surface area contributed by atoms with Crippen LogP contribution in [0.15, 0.2) is 0 Å². The number of carbonyl (C=O) groups excluding carboxylic acids is 2. The number of amides is 3. The summed E-state index contributed by atoms with van der Waals surface area (Å²) in [4.78, 5) is 24.8. The van der Waals surface area contributed by atoms with Crippen LogP contribution in [0.4, 0.5) is 4.79 Å². The van der Waals surface area contributed by atoms with Crippen LogP contribution in [-0.4, -0.2) is 28.9 Å². The second-order valence-corrected chi connectivity index (χ2v) is 4.06. The van der Waals surface area contributed by atoms with E-state index in [1.807, 2.05) is 0 Å². The number of terminal acetylenes is 1. The lowest BCUT2D eigenvalue weighted by molar-refractivity contribution is -0.128. The Labute approximate surface area is 89.0 Å². The monoisotopic (exact) mass is 206 g/mol. The van der Waals surface area contributed by atoms with Gasteiger partial charge in [-0.25, -0.2) is 4.79 Å². The van der Waals surface area contributed by atoms with Crippen LogP contribution in [0, 0.1) is 12.3 Å². The Morgan fingerprint density at radius 2 is 2.07 bits per heavy atom. The van der Waals surface area contributed by atoms with E-state index in [1.165, 1.54) is 4.90 Å². The van der Waals surface area contributed by atoms with E-state index < -0.39 is 6.04 Å². The van der Waals surface area contributed by atoms with Crippen LogP contribution in [0.1, 0.15) is 32.1 Å². The third kappa shape index (κ3) is 1.70. The largest absolute Gasteiger partial charge is 0.325 e. The fraction of sp³-hybridized carbons (Fsp3) is 0.636. The maximum absolute atomic E-state index is 11.8. The molecule has 0 spiro atoms. The maximum atomic E-state index is 11.8. The van der Waals surface area contributed by atoms with Crippen molar-refractivity contribution in [3.05, 3.63) is 0 Å². The number of carbonyl (C=O) groups is 2. The van der Waals surface area contributed by atoms with Crippen LogP contribution >= 0.6 is 0 Å². The minimum Gasteiger partial charge on any atom is -0.325 e. The van der Waals surface area contributed by atoms with Gasteiger partial charge in [-0.1, -0.05) is 12.8 Å². The van der Waals surface area contributed by atoms with E-state index in [9.17, 15) is 9.59 Å². The molecule has 4 nitrogen and oxygen atoms in total. The zero-order chi connectivity index (χ0) is 10.8. The highest BCUT2D eigenvalue weighted by Gasteiger charge is 2.42. The van der Waals surface area contributed by atoms with Crippen molar-refractivity contribution in [3.8, 4) is 12.3 Å². The van der Waals surface area contributed by atoms with Gasteiger partial charge in [0, 0.05) is 12.5 Å². The SMILES string of the molecule is C#CCC1NC(=O)N(C2CCCC2)C1=O. The summed E-state index contributed by atoms with van der Waals surface area (Å²) < 4.78 is 0. The molecule has 0 bridgehead atoms. The molecule has 1 saturated heterocycles. The summed E-state index contributed by atoms with van der Waals surface area (Å²) in [6, 6.07) is -0.671. The highest BCUT2D eigenvalue weighted by atomic mass is 16.2. The normalized spacial score (nSPS) is 26.9. The summed E-state index contributed by atoms with van der Waals surface area (Å²) in [7, 11) is 0. The second-order valence-electron chi connectivity index (χ2n) is 4.06. The van der Waals surface area contributed by atoms with Gasteiger partial charge in [-0.05, 0) is 12.8 Å². The quantitative estimate of drug-likeness (QED) is 0.538. The van der Waals surface area contributed by atoms with Crippen LogP contribution in [-0.2, 0) is 4.79 Å². The second kappa shape index (κ2) is 3.93. The van der Waals surface area contributed by atoms with Crippen molar-refractivity contribution in [3.63, 3.8) is 0 Å². The Morgan fingerprint density at radius 3 is 2.67 bits per heavy atom. The lowest BCUT2D eigenvalue weighted by atomic mass is 10.2. The molecule has 1 saturated carbocycles. The molecule has 2 aliphatic rings. The number of hydrogen-bond acceptors (Lipinski definition) is 2. The van der Waals surface area contributed by atoms with E-state index in [1.54, 1.807) is 0 Å². The van der Waals surface area contributed by atoms with E-state index in [4.69, 9.17) is 6.42 Å². The van der Waals surface area contributed by atoms with Gasteiger partial charge in [0.05, 0.1) is 0 Å². The zero-order valence-corrected chi connectivity index (χ0v) is 8.53. The fourth-order valence-electron chi connectivity index (χ4n) is 2.31. The number of imide groups is 1. The predicted octanol–water partition coefficient (Wildman–Crippen LogP) is 0.873. The van der Waals surface area contributed by atoms with Gasteiger partial charge >= 0.3 is 6.03 Å². The summed E-state index contributed by atoms with van der Waals surface area (Å²) in [5.74, 6) is 2.26. The lowest BCUT2D eigenvalue weighted by Gasteiger charge is -2.20.